The van der Waals surface area contributed by atoms with Gasteiger partial charge in [0.25, 0.3) is 0 Å². The Morgan fingerprint density at radius 1 is 1.00 bits per heavy atom. The molecule has 0 radical (unpaired) electrons. The third-order valence-electron chi connectivity index (χ3n) is 3.45. The second kappa shape index (κ2) is 5.99. The van der Waals surface area contributed by atoms with Gasteiger partial charge in [-0.05, 0) is 19.1 Å². The molecular weight excluding hydrogens is 300 g/mol. The molecule has 0 bridgehead atoms. The van der Waals surface area contributed by atoms with Gasteiger partial charge in [-0.15, -0.1) is 0 Å². The summed E-state index contributed by atoms with van der Waals surface area (Å²) in [6.07, 6.45) is -8.04. The summed E-state index contributed by atoms with van der Waals surface area (Å²) in [6, 6.07) is 6.14. The predicted octanol–water partition coefficient (Wildman–Crippen LogP) is -1.43. The quantitative estimate of drug-likeness (QED) is 0.538. The molecular formula is C13H18O7S. The van der Waals surface area contributed by atoms with Crippen molar-refractivity contribution in [1.82, 2.24) is 0 Å². The minimum Gasteiger partial charge on any atom is -0.388 e. The van der Waals surface area contributed by atoms with E-state index in [1.165, 1.54) is 12.1 Å². The van der Waals surface area contributed by atoms with E-state index in [2.05, 4.69) is 0 Å². The minimum absolute atomic E-state index is 0.0546. The van der Waals surface area contributed by atoms with Crippen molar-refractivity contribution in [1.29, 1.82) is 0 Å². The van der Waals surface area contributed by atoms with Crippen LogP contribution in [0.1, 0.15) is 5.56 Å². The molecule has 0 unspecified atom stereocenters. The number of aliphatic hydroxyl groups excluding tert-OH is 4. The number of sulfone groups is 1. The molecule has 0 saturated carbocycles. The van der Waals surface area contributed by atoms with Crippen molar-refractivity contribution in [2.24, 2.45) is 0 Å². The summed E-state index contributed by atoms with van der Waals surface area (Å²) in [5.74, 6) is -0.613. The van der Waals surface area contributed by atoms with Crippen molar-refractivity contribution in [3.05, 3.63) is 29.8 Å². The third kappa shape index (κ3) is 3.42. The maximum atomic E-state index is 12.2. The first-order valence-corrected chi connectivity index (χ1v) is 8.05. The molecule has 1 aliphatic heterocycles. The van der Waals surface area contributed by atoms with Gasteiger partial charge in [-0.25, -0.2) is 8.42 Å². The molecule has 1 aromatic carbocycles. The van der Waals surface area contributed by atoms with Crippen LogP contribution in [0.2, 0.25) is 0 Å². The lowest BCUT2D eigenvalue weighted by Gasteiger charge is -2.38. The SMILES string of the molecule is Cc1ccc(S(=O)(=O)C[C@H]2O[C@H](O)[C@H](O)[C@@H](O)[C@H]2O)cc1. The molecule has 1 heterocycles. The van der Waals surface area contributed by atoms with E-state index in [0.717, 1.165) is 5.56 Å². The zero-order valence-corrected chi connectivity index (χ0v) is 12.1. The number of hydrogen-bond donors (Lipinski definition) is 4. The fourth-order valence-electron chi connectivity index (χ4n) is 2.13. The molecule has 0 aromatic heterocycles. The fourth-order valence-corrected chi connectivity index (χ4v) is 3.58. The highest BCUT2D eigenvalue weighted by molar-refractivity contribution is 7.91. The van der Waals surface area contributed by atoms with Gasteiger partial charge in [0, 0.05) is 0 Å². The normalized spacial score (nSPS) is 33.9. The molecule has 21 heavy (non-hydrogen) atoms. The summed E-state index contributed by atoms with van der Waals surface area (Å²) >= 11 is 0. The van der Waals surface area contributed by atoms with Gasteiger partial charge in [-0.2, -0.15) is 0 Å². The maximum absolute atomic E-state index is 12.2. The number of benzene rings is 1. The standard InChI is InChI=1S/C13H18O7S/c1-7-2-4-8(5-3-7)21(18,19)6-9-10(14)11(15)12(16)13(17)20-9/h2-5,9-17H,6H2,1H3/t9-,10+,11+,12-,13+/m1/s1. The molecule has 0 aliphatic carbocycles. The molecule has 4 N–H and O–H groups in total. The Morgan fingerprint density at radius 3 is 2.14 bits per heavy atom. The van der Waals surface area contributed by atoms with E-state index in [1.807, 2.05) is 6.92 Å². The molecule has 1 saturated heterocycles. The van der Waals surface area contributed by atoms with Gasteiger partial charge in [-0.3, -0.25) is 0 Å². The molecule has 1 aromatic rings. The van der Waals surface area contributed by atoms with Crippen LogP contribution in [0, 0.1) is 6.92 Å². The van der Waals surface area contributed by atoms with Gasteiger partial charge in [-0.1, -0.05) is 17.7 Å². The Hall–Kier alpha value is -1.03. The van der Waals surface area contributed by atoms with Crippen LogP contribution >= 0.6 is 0 Å². The van der Waals surface area contributed by atoms with Crippen LogP contribution in [0.15, 0.2) is 29.2 Å². The van der Waals surface area contributed by atoms with E-state index in [0.29, 0.717) is 0 Å². The lowest BCUT2D eigenvalue weighted by atomic mass is 10.0. The first kappa shape index (κ1) is 16.3. The molecule has 5 atom stereocenters. The van der Waals surface area contributed by atoms with Crippen LogP contribution in [-0.2, 0) is 14.6 Å². The molecule has 2 rings (SSSR count). The molecule has 8 heteroatoms. The van der Waals surface area contributed by atoms with Gasteiger partial charge >= 0.3 is 0 Å². The Balaban J connectivity index is 2.18. The highest BCUT2D eigenvalue weighted by Crippen LogP contribution is 2.23. The zero-order chi connectivity index (χ0) is 15.8. The first-order chi connectivity index (χ1) is 9.72. The summed E-state index contributed by atoms with van der Waals surface area (Å²) in [6.45, 7) is 1.82. The second-order valence-electron chi connectivity index (χ2n) is 5.13. The Bertz CT molecular complexity index is 583. The van der Waals surface area contributed by atoms with Crippen molar-refractivity contribution < 1.29 is 33.6 Å². The van der Waals surface area contributed by atoms with Crippen LogP contribution in [0.5, 0.6) is 0 Å². The van der Waals surface area contributed by atoms with Gasteiger partial charge in [0.05, 0.1) is 10.6 Å². The summed E-state index contributed by atoms with van der Waals surface area (Å²) in [7, 11) is -3.76. The third-order valence-corrected chi connectivity index (χ3v) is 5.21. The van der Waals surface area contributed by atoms with Crippen molar-refractivity contribution in [2.45, 2.75) is 42.5 Å². The second-order valence-corrected chi connectivity index (χ2v) is 7.17. The van der Waals surface area contributed by atoms with Crippen LogP contribution in [0.4, 0.5) is 0 Å². The monoisotopic (exact) mass is 318 g/mol. The Kier molecular flexibility index (Phi) is 4.66. The van der Waals surface area contributed by atoms with Crippen LogP contribution in [0.3, 0.4) is 0 Å². The average Bonchev–Trinajstić information content (AvgIpc) is 2.42. The highest BCUT2D eigenvalue weighted by atomic mass is 32.2. The zero-order valence-electron chi connectivity index (χ0n) is 11.3. The lowest BCUT2D eigenvalue weighted by molar-refractivity contribution is -0.276. The van der Waals surface area contributed by atoms with Crippen LogP contribution in [0.25, 0.3) is 0 Å². The van der Waals surface area contributed by atoms with E-state index in [-0.39, 0.29) is 4.90 Å². The topological polar surface area (TPSA) is 124 Å². The largest absolute Gasteiger partial charge is 0.388 e. The van der Waals surface area contributed by atoms with E-state index in [9.17, 15) is 28.8 Å². The first-order valence-electron chi connectivity index (χ1n) is 6.39. The summed E-state index contributed by atoms with van der Waals surface area (Å²) in [4.78, 5) is 0.0546. The minimum atomic E-state index is -3.76. The molecule has 0 amide bonds. The fraction of sp³-hybridized carbons (Fsp3) is 0.538. The van der Waals surface area contributed by atoms with Gasteiger partial charge < -0.3 is 25.2 Å². The number of aryl methyl sites for hydroxylation is 1. The van der Waals surface area contributed by atoms with Crippen LogP contribution < -0.4 is 0 Å². The van der Waals surface area contributed by atoms with E-state index < -0.39 is 46.3 Å². The predicted molar refractivity (Wildman–Crippen MR) is 72.1 cm³/mol. The van der Waals surface area contributed by atoms with Crippen molar-refractivity contribution in [3.8, 4) is 0 Å². The maximum Gasteiger partial charge on any atom is 0.183 e. The summed E-state index contributed by atoms with van der Waals surface area (Å²) in [5.41, 5.74) is 0.900. The van der Waals surface area contributed by atoms with E-state index in [4.69, 9.17) is 4.74 Å². The lowest BCUT2D eigenvalue weighted by Crippen LogP contribution is -2.59. The average molecular weight is 318 g/mol. The van der Waals surface area contributed by atoms with Gasteiger partial charge in [0.2, 0.25) is 0 Å². The summed E-state index contributed by atoms with van der Waals surface area (Å²) < 4.78 is 29.3. The van der Waals surface area contributed by atoms with Gasteiger partial charge in [0.1, 0.15) is 24.4 Å². The summed E-state index contributed by atoms with van der Waals surface area (Å²) in [5, 5.41) is 38.1. The molecule has 118 valence electrons. The Morgan fingerprint density at radius 2 is 1.57 bits per heavy atom. The number of ether oxygens (including phenoxy) is 1. The van der Waals surface area contributed by atoms with Crippen molar-refractivity contribution in [2.75, 3.05) is 5.75 Å². The van der Waals surface area contributed by atoms with E-state index >= 15 is 0 Å². The molecule has 0 spiro atoms. The molecule has 1 fully saturated rings. The number of aliphatic hydroxyl groups is 4. The highest BCUT2D eigenvalue weighted by Gasteiger charge is 2.44. The van der Waals surface area contributed by atoms with Crippen LogP contribution in [-0.4, -0.2) is 65.3 Å². The molecule has 7 nitrogen and oxygen atoms in total. The number of hydrogen-bond acceptors (Lipinski definition) is 7. The van der Waals surface area contributed by atoms with Crippen molar-refractivity contribution in [3.63, 3.8) is 0 Å². The Labute approximate surface area is 122 Å². The van der Waals surface area contributed by atoms with E-state index in [1.54, 1.807) is 12.1 Å². The smallest absolute Gasteiger partial charge is 0.183 e. The van der Waals surface area contributed by atoms with Gasteiger partial charge in [0.15, 0.2) is 16.1 Å². The number of rotatable bonds is 3. The molecule has 1 aliphatic rings. The van der Waals surface area contributed by atoms with Crippen molar-refractivity contribution >= 4 is 9.84 Å².